The van der Waals surface area contributed by atoms with Gasteiger partial charge in [-0.3, -0.25) is 0 Å². The summed E-state index contributed by atoms with van der Waals surface area (Å²) in [7, 11) is 4.15. The van der Waals surface area contributed by atoms with Gasteiger partial charge in [-0.1, -0.05) is 13.3 Å². The molecule has 0 heterocycles. The Balaban J connectivity index is 3.38. The average Bonchev–Trinajstić information content (AvgIpc) is 2.29. The van der Waals surface area contributed by atoms with Gasteiger partial charge >= 0.3 is 0 Å². The predicted molar refractivity (Wildman–Crippen MR) is 72.4 cm³/mol. The number of hydrogen-bond donors (Lipinski definition) is 2. The van der Waals surface area contributed by atoms with Crippen molar-refractivity contribution in [2.45, 2.75) is 45.3 Å². The molecule has 0 fully saturated rings. The lowest BCUT2D eigenvalue weighted by Gasteiger charge is -2.19. The highest BCUT2D eigenvalue weighted by Gasteiger charge is 2.07. The number of nitrogens with one attached hydrogen (secondary N) is 1. The van der Waals surface area contributed by atoms with E-state index >= 15 is 0 Å². The molecule has 2 atom stereocenters. The first-order valence-electron chi connectivity index (χ1n) is 6.70. The van der Waals surface area contributed by atoms with E-state index in [0.717, 1.165) is 32.4 Å². The van der Waals surface area contributed by atoms with Gasteiger partial charge < -0.3 is 20.1 Å². The number of unbranched alkanes of at least 4 members (excludes halogenated alkanes) is 1. The Labute approximate surface area is 106 Å². The standard InChI is InChI=1S/C13H30N2O2/c1-5-6-9-17-11-13(16)10-14-12(2)7-8-15(3)4/h12-14,16H,5-11H2,1-4H3. The second kappa shape index (κ2) is 11.0. The number of nitrogens with zero attached hydrogens (tertiary/aromatic N) is 1. The molecule has 0 aromatic rings. The van der Waals surface area contributed by atoms with Crippen molar-refractivity contribution in [2.24, 2.45) is 0 Å². The summed E-state index contributed by atoms with van der Waals surface area (Å²) in [5, 5.41) is 13.0. The van der Waals surface area contributed by atoms with Crippen LogP contribution in [-0.4, -0.2) is 62.6 Å². The highest BCUT2D eigenvalue weighted by atomic mass is 16.5. The fourth-order valence-electron chi connectivity index (χ4n) is 1.42. The molecule has 0 spiro atoms. The maximum Gasteiger partial charge on any atom is 0.0897 e. The van der Waals surface area contributed by atoms with E-state index in [2.05, 4.69) is 38.2 Å². The molecule has 0 aliphatic carbocycles. The number of rotatable bonds is 11. The zero-order valence-electron chi connectivity index (χ0n) is 11.9. The summed E-state index contributed by atoms with van der Waals surface area (Å²) in [5.41, 5.74) is 0. The Morgan fingerprint density at radius 1 is 1.35 bits per heavy atom. The maximum absolute atomic E-state index is 9.68. The van der Waals surface area contributed by atoms with E-state index in [4.69, 9.17) is 4.74 Å². The second-order valence-electron chi connectivity index (χ2n) is 4.98. The van der Waals surface area contributed by atoms with Gasteiger partial charge in [0.2, 0.25) is 0 Å². The van der Waals surface area contributed by atoms with Gasteiger partial charge in [0, 0.05) is 19.2 Å². The first-order chi connectivity index (χ1) is 8.06. The molecule has 2 N–H and O–H groups in total. The van der Waals surface area contributed by atoms with E-state index in [1.165, 1.54) is 0 Å². The van der Waals surface area contributed by atoms with Gasteiger partial charge in [0.15, 0.2) is 0 Å². The smallest absolute Gasteiger partial charge is 0.0897 e. The maximum atomic E-state index is 9.68. The van der Waals surface area contributed by atoms with Gasteiger partial charge in [-0.15, -0.1) is 0 Å². The summed E-state index contributed by atoms with van der Waals surface area (Å²) in [6.45, 7) is 7.15. The van der Waals surface area contributed by atoms with Crippen LogP contribution in [0.1, 0.15) is 33.1 Å². The zero-order chi connectivity index (χ0) is 13.1. The van der Waals surface area contributed by atoms with E-state index in [0.29, 0.717) is 19.2 Å². The van der Waals surface area contributed by atoms with E-state index in [9.17, 15) is 5.11 Å². The number of hydrogen-bond acceptors (Lipinski definition) is 4. The molecule has 0 aliphatic rings. The molecule has 0 saturated heterocycles. The Morgan fingerprint density at radius 3 is 2.65 bits per heavy atom. The van der Waals surface area contributed by atoms with E-state index in [1.54, 1.807) is 0 Å². The second-order valence-corrected chi connectivity index (χ2v) is 4.98. The van der Waals surface area contributed by atoms with Crippen LogP contribution >= 0.6 is 0 Å². The van der Waals surface area contributed by atoms with Crippen LogP contribution in [0.5, 0.6) is 0 Å². The molecule has 4 nitrogen and oxygen atoms in total. The normalized spacial score (nSPS) is 15.2. The molecule has 0 amide bonds. The van der Waals surface area contributed by atoms with Crippen LogP contribution in [0.4, 0.5) is 0 Å². The fourth-order valence-corrected chi connectivity index (χ4v) is 1.42. The summed E-state index contributed by atoms with van der Waals surface area (Å²) in [6, 6.07) is 0.433. The van der Waals surface area contributed by atoms with Gasteiger partial charge in [-0.2, -0.15) is 0 Å². The molecule has 104 valence electrons. The summed E-state index contributed by atoms with van der Waals surface area (Å²) in [5.74, 6) is 0. The molecular formula is C13H30N2O2. The van der Waals surface area contributed by atoms with Crippen LogP contribution in [-0.2, 0) is 4.74 Å². The van der Waals surface area contributed by atoms with Crippen LogP contribution in [0.3, 0.4) is 0 Å². The van der Waals surface area contributed by atoms with Crippen molar-refractivity contribution in [1.29, 1.82) is 0 Å². The SMILES string of the molecule is CCCCOCC(O)CNC(C)CCN(C)C. The van der Waals surface area contributed by atoms with Crippen molar-refractivity contribution >= 4 is 0 Å². The Hall–Kier alpha value is -0.160. The van der Waals surface area contributed by atoms with Crippen LogP contribution in [0.25, 0.3) is 0 Å². The molecule has 4 heteroatoms. The number of aliphatic hydroxyl groups is 1. The van der Waals surface area contributed by atoms with Gasteiger partial charge in [0.1, 0.15) is 0 Å². The highest BCUT2D eigenvalue weighted by Crippen LogP contribution is 1.94. The minimum atomic E-state index is -0.395. The van der Waals surface area contributed by atoms with Crippen LogP contribution in [0.2, 0.25) is 0 Å². The van der Waals surface area contributed by atoms with Crippen molar-refractivity contribution in [1.82, 2.24) is 10.2 Å². The van der Waals surface area contributed by atoms with Crippen molar-refractivity contribution < 1.29 is 9.84 Å². The first kappa shape index (κ1) is 16.8. The number of aliphatic hydroxyl groups excluding tert-OH is 1. The predicted octanol–water partition coefficient (Wildman–Crippen LogP) is 1.09. The molecule has 0 aliphatic heterocycles. The molecule has 0 rings (SSSR count). The molecule has 0 radical (unpaired) electrons. The average molecular weight is 246 g/mol. The molecular weight excluding hydrogens is 216 g/mol. The van der Waals surface area contributed by atoms with Gasteiger partial charge in [0.25, 0.3) is 0 Å². The van der Waals surface area contributed by atoms with E-state index in [1.807, 2.05) is 0 Å². The van der Waals surface area contributed by atoms with Crippen molar-refractivity contribution in [3.05, 3.63) is 0 Å². The minimum absolute atomic E-state index is 0.395. The topological polar surface area (TPSA) is 44.7 Å². The summed E-state index contributed by atoms with van der Waals surface area (Å²) in [4.78, 5) is 2.17. The molecule has 0 aromatic heterocycles. The largest absolute Gasteiger partial charge is 0.389 e. The van der Waals surface area contributed by atoms with Crippen molar-refractivity contribution in [3.63, 3.8) is 0 Å². The monoisotopic (exact) mass is 246 g/mol. The Bertz CT molecular complexity index is 165. The van der Waals surface area contributed by atoms with Crippen molar-refractivity contribution in [2.75, 3.05) is 40.4 Å². The quantitative estimate of drug-likeness (QED) is 0.536. The minimum Gasteiger partial charge on any atom is -0.389 e. The third-order valence-electron chi connectivity index (χ3n) is 2.66. The van der Waals surface area contributed by atoms with Crippen LogP contribution < -0.4 is 5.32 Å². The Kier molecular flexibility index (Phi) is 10.9. The lowest BCUT2D eigenvalue weighted by atomic mass is 10.2. The highest BCUT2D eigenvalue weighted by molar-refractivity contribution is 4.66. The summed E-state index contributed by atoms with van der Waals surface area (Å²) < 4.78 is 5.37. The third-order valence-corrected chi connectivity index (χ3v) is 2.66. The first-order valence-corrected chi connectivity index (χ1v) is 6.70. The van der Waals surface area contributed by atoms with Crippen LogP contribution in [0.15, 0.2) is 0 Å². The lowest BCUT2D eigenvalue weighted by molar-refractivity contribution is 0.0346. The van der Waals surface area contributed by atoms with E-state index < -0.39 is 6.10 Å². The molecule has 0 bridgehead atoms. The van der Waals surface area contributed by atoms with E-state index in [-0.39, 0.29) is 0 Å². The van der Waals surface area contributed by atoms with Gasteiger partial charge in [-0.25, -0.2) is 0 Å². The molecule has 0 aromatic carbocycles. The molecule has 2 unspecified atom stereocenters. The zero-order valence-corrected chi connectivity index (χ0v) is 11.9. The van der Waals surface area contributed by atoms with Gasteiger partial charge in [0.05, 0.1) is 12.7 Å². The lowest BCUT2D eigenvalue weighted by Crippen LogP contribution is -2.37. The fraction of sp³-hybridized carbons (Fsp3) is 1.00. The van der Waals surface area contributed by atoms with Crippen LogP contribution in [0, 0.1) is 0 Å². The van der Waals surface area contributed by atoms with Gasteiger partial charge in [-0.05, 0) is 40.4 Å². The molecule has 17 heavy (non-hydrogen) atoms. The summed E-state index contributed by atoms with van der Waals surface area (Å²) in [6.07, 6.45) is 2.90. The third kappa shape index (κ3) is 12.1. The number of ether oxygens (including phenoxy) is 1. The van der Waals surface area contributed by atoms with Crippen molar-refractivity contribution in [3.8, 4) is 0 Å². The molecule has 0 saturated carbocycles. The summed E-state index contributed by atoms with van der Waals surface area (Å²) >= 11 is 0. The Morgan fingerprint density at radius 2 is 2.06 bits per heavy atom.